The van der Waals surface area contributed by atoms with E-state index in [1.165, 1.54) is 37.2 Å². The molecule has 2 fully saturated rings. The molecule has 2 aliphatic rings. The summed E-state index contributed by atoms with van der Waals surface area (Å²) in [5, 5.41) is 1.75. The van der Waals surface area contributed by atoms with Gasteiger partial charge in [0.1, 0.15) is 0 Å². The molecule has 0 aromatic rings. The first-order valence-corrected chi connectivity index (χ1v) is 9.93. The predicted octanol–water partition coefficient (Wildman–Crippen LogP) is 4.81. The maximum atomic E-state index is 12.4. The van der Waals surface area contributed by atoms with Crippen molar-refractivity contribution in [3.63, 3.8) is 0 Å². The Labute approximate surface area is 146 Å². The van der Waals surface area contributed by atoms with E-state index < -0.39 is 12.1 Å². The van der Waals surface area contributed by atoms with Gasteiger partial charge in [0.15, 0.2) is 0 Å². The molecule has 1 heterocycles. The smallest absolute Gasteiger partial charge is 0.361 e. The van der Waals surface area contributed by atoms with E-state index in [9.17, 15) is 18.0 Å². The molecule has 1 saturated heterocycles. The second kappa shape index (κ2) is 8.30. The molecule has 2 rings (SSSR count). The van der Waals surface area contributed by atoms with Crippen molar-refractivity contribution in [2.24, 2.45) is 11.3 Å². The van der Waals surface area contributed by atoms with Gasteiger partial charge in [-0.15, -0.1) is 5.06 Å². The van der Waals surface area contributed by atoms with E-state index in [4.69, 9.17) is 0 Å². The van der Waals surface area contributed by atoms with Gasteiger partial charge in [-0.3, -0.25) is 0 Å². The van der Waals surface area contributed by atoms with Crippen LogP contribution in [0.25, 0.3) is 0 Å². The Morgan fingerprint density at radius 2 is 1.79 bits per heavy atom. The standard InChI is InChI=1S/C17H28F3NO2S/c1-13(2)24-12-16(14-6-4-3-5-7-14)8-10-21(11-9-16)23-15(22)17(18,19)20/h13-14H,3-12H2,1-2H3. The molecule has 24 heavy (non-hydrogen) atoms. The Hall–Kier alpha value is -0.430. The molecule has 140 valence electrons. The molecular weight excluding hydrogens is 339 g/mol. The van der Waals surface area contributed by atoms with Crippen LogP contribution in [-0.2, 0) is 9.63 Å². The zero-order chi connectivity index (χ0) is 17.8. The summed E-state index contributed by atoms with van der Waals surface area (Å²) < 4.78 is 37.1. The number of carbonyl (C=O) groups is 1. The molecule has 0 atom stereocenters. The van der Waals surface area contributed by atoms with Crippen molar-refractivity contribution in [3.8, 4) is 0 Å². The topological polar surface area (TPSA) is 29.5 Å². The number of hydrogen-bond acceptors (Lipinski definition) is 4. The van der Waals surface area contributed by atoms with Crippen LogP contribution in [-0.4, -0.2) is 41.3 Å². The van der Waals surface area contributed by atoms with Crippen molar-refractivity contribution >= 4 is 17.7 Å². The molecule has 1 saturated carbocycles. The Morgan fingerprint density at radius 3 is 2.29 bits per heavy atom. The van der Waals surface area contributed by atoms with E-state index in [1.807, 2.05) is 11.8 Å². The summed E-state index contributed by atoms with van der Waals surface area (Å²) in [5.74, 6) is -0.404. The molecule has 0 bridgehead atoms. The number of thioether (sulfide) groups is 1. The lowest BCUT2D eigenvalue weighted by Crippen LogP contribution is -2.47. The zero-order valence-corrected chi connectivity index (χ0v) is 15.3. The molecular formula is C17H28F3NO2S. The molecule has 7 heteroatoms. The summed E-state index contributed by atoms with van der Waals surface area (Å²) >= 11 is 1.94. The number of rotatable bonds is 5. The van der Waals surface area contributed by atoms with Crippen LogP contribution in [0.3, 0.4) is 0 Å². The van der Waals surface area contributed by atoms with Crippen molar-refractivity contribution < 1.29 is 22.8 Å². The fraction of sp³-hybridized carbons (Fsp3) is 0.941. The SMILES string of the molecule is CC(C)SCC1(C2CCCCC2)CCN(OC(=O)C(F)(F)F)CC1. The van der Waals surface area contributed by atoms with E-state index >= 15 is 0 Å². The third kappa shape index (κ3) is 5.28. The van der Waals surface area contributed by atoms with Gasteiger partial charge >= 0.3 is 12.1 Å². The number of carbonyl (C=O) groups excluding carboxylic acids is 1. The maximum Gasteiger partial charge on any atom is 0.492 e. The molecule has 0 amide bonds. The molecule has 1 aliphatic carbocycles. The van der Waals surface area contributed by atoms with E-state index in [0.717, 1.165) is 18.6 Å². The van der Waals surface area contributed by atoms with Crippen LogP contribution < -0.4 is 0 Å². The Kier molecular flexibility index (Phi) is 6.88. The summed E-state index contributed by atoms with van der Waals surface area (Å²) in [7, 11) is 0. The molecule has 0 spiro atoms. The molecule has 0 aromatic carbocycles. The van der Waals surface area contributed by atoms with Gasteiger partial charge in [0.25, 0.3) is 0 Å². The average molecular weight is 367 g/mol. The normalized spacial score (nSPS) is 23.4. The second-order valence-corrected chi connectivity index (χ2v) is 8.93. The van der Waals surface area contributed by atoms with Crippen LogP contribution in [0.1, 0.15) is 58.8 Å². The van der Waals surface area contributed by atoms with E-state index in [-0.39, 0.29) is 5.41 Å². The molecule has 0 radical (unpaired) electrons. The van der Waals surface area contributed by atoms with Gasteiger partial charge < -0.3 is 4.84 Å². The fourth-order valence-electron chi connectivity index (χ4n) is 3.91. The zero-order valence-electron chi connectivity index (χ0n) is 14.5. The van der Waals surface area contributed by atoms with Crippen LogP contribution in [0.15, 0.2) is 0 Å². The highest BCUT2D eigenvalue weighted by Gasteiger charge is 2.46. The minimum atomic E-state index is -4.93. The van der Waals surface area contributed by atoms with Crippen molar-refractivity contribution in [1.29, 1.82) is 0 Å². The summed E-state index contributed by atoms with van der Waals surface area (Å²) in [6, 6.07) is 0. The highest BCUT2D eigenvalue weighted by Crippen LogP contribution is 2.48. The Bertz CT molecular complexity index is 415. The number of nitrogens with zero attached hydrogens (tertiary/aromatic N) is 1. The van der Waals surface area contributed by atoms with Gasteiger partial charge in [-0.1, -0.05) is 33.1 Å². The first-order valence-electron chi connectivity index (χ1n) is 8.89. The van der Waals surface area contributed by atoms with Crippen molar-refractivity contribution in [2.45, 2.75) is 70.2 Å². The second-order valence-electron chi connectivity index (χ2n) is 7.36. The minimum Gasteiger partial charge on any atom is -0.361 e. The number of hydroxylamine groups is 2. The fourth-order valence-corrected chi connectivity index (χ4v) is 5.10. The quantitative estimate of drug-likeness (QED) is 0.697. The monoisotopic (exact) mass is 367 g/mol. The van der Waals surface area contributed by atoms with E-state index in [2.05, 4.69) is 18.7 Å². The maximum absolute atomic E-state index is 12.4. The van der Waals surface area contributed by atoms with Crippen LogP contribution in [0.5, 0.6) is 0 Å². The minimum absolute atomic E-state index is 0.177. The lowest BCUT2D eigenvalue weighted by molar-refractivity contribution is -0.245. The molecule has 0 N–H and O–H groups in total. The van der Waals surface area contributed by atoms with Crippen LogP contribution in [0, 0.1) is 11.3 Å². The van der Waals surface area contributed by atoms with Gasteiger partial charge in [-0.2, -0.15) is 24.9 Å². The highest BCUT2D eigenvalue weighted by molar-refractivity contribution is 7.99. The summed E-state index contributed by atoms with van der Waals surface area (Å²) in [6.07, 6.45) is 2.94. The lowest BCUT2D eigenvalue weighted by atomic mass is 9.65. The van der Waals surface area contributed by atoms with E-state index in [0.29, 0.717) is 24.3 Å². The predicted molar refractivity (Wildman–Crippen MR) is 89.6 cm³/mol. The van der Waals surface area contributed by atoms with Crippen molar-refractivity contribution in [2.75, 3.05) is 18.8 Å². The van der Waals surface area contributed by atoms with Gasteiger partial charge in [-0.25, -0.2) is 4.79 Å². The molecule has 1 aliphatic heterocycles. The van der Waals surface area contributed by atoms with Crippen LogP contribution in [0.4, 0.5) is 13.2 Å². The number of piperidine rings is 1. The highest BCUT2D eigenvalue weighted by atomic mass is 32.2. The third-order valence-electron chi connectivity index (χ3n) is 5.34. The number of halogens is 3. The first-order chi connectivity index (χ1) is 11.2. The molecule has 0 unspecified atom stereocenters. The summed E-state index contributed by atoms with van der Waals surface area (Å²) in [5.41, 5.74) is 0.177. The third-order valence-corrected chi connectivity index (χ3v) is 6.75. The lowest BCUT2D eigenvalue weighted by Gasteiger charge is -2.47. The van der Waals surface area contributed by atoms with Gasteiger partial charge in [-0.05, 0) is 48.0 Å². The Balaban J connectivity index is 1.97. The molecule has 3 nitrogen and oxygen atoms in total. The van der Waals surface area contributed by atoms with Crippen molar-refractivity contribution in [1.82, 2.24) is 5.06 Å². The van der Waals surface area contributed by atoms with Gasteiger partial charge in [0.05, 0.1) is 0 Å². The van der Waals surface area contributed by atoms with Crippen LogP contribution in [0.2, 0.25) is 0 Å². The van der Waals surface area contributed by atoms with Gasteiger partial charge in [0.2, 0.25) is 0 Å². The summed E-state index contributed by atoms with van der Waals surface area (Å²) in [6.45, 7) is 5.16. The average Bonchev–Trinajstić information content (AvgIpc) is 2.54. The van der Waals surface area contributed by atoms with E-state index in [1.54, 1.807) is 0 Å². The first kappa shape index (κ1) is 19.9. The number of hydrogen-bond donors (Lipinski definition) is 0. The van der Waals surface area contributed by atoms with Crippen molar-refractivity contribution in [3.05, 3.63) is 0 Å². The largest absolute Gasteiger partial charge is 0.492 e. The van der Waals surface area contributed by atoms with Crippen LogP contribution >= 0.6 is 11.8 Å². The summed E-state index contributed by atoms with van der Waals surface area (Å²) in [4.78, 5) is 15.5. The van der Waals surface area contributed by atoms with Gasteiger partial charge in [0, 0.05) is 13.1 Å². The number of alkyl halides is 3. The Morgan fingerprint density at radius 1 is 1.21 bits per heavy atom. The molecule has 0 aromatic heterocycles.